The van der Waals surface area contributed by atoms with Crippen LogP contribution in [0.2, 0.25) is 0 Å². The standard InChI is InChI=1S/C16H25NO2/c1-4-6-12-17(13-7-5-2)16(18)19-15-10-8-14(3)9-11-15/h8-11H,4-7,12-13H2,1-3H3. The monoisotopic (exact) mass is 263 g/mol. The third-order valence-electron chi connectivity index (χ3n) is 3.05. The zero-order valence-electron chi connectivity index (χ0n) is 12.3. The Kier molecular flexibility index (Phi) is 7.01. The van der Waals surface area contributed by atoms with Crippen LogP contribution < -0.4 is 4.74 Å². The van der Waals surface area contributed by atoms with E-state index in [9.17, 15) is 4.79 Å². The van der Waals surface area contributed by atoms with Crippen LogP contribution in [-0.4, -0.2) is 24.1 Å². The Bertz CT molecular complexity index is 365. The summed E-state index contributed by atoms with van der Waals surface area (Å²) in [4.78, 5) is 13.9. The van der Waals surface area contributed by atoms with Crippen molar-refractivity contribution in [2.45, 2.75) is 46.5 Å². The number of nitrogens with zero attached hydrogens (tertiary/aromatic N) is 1. The third-order valence-corrected chi connectivity index (χ3v) is 3.05. The lowest BCUT2D eigenvalue weighted by Crippen LogP contribution is -2.35. The van der Waals surface area contributed by atoms with E-state index in [-0.39, 0.29) is 6.09 Å². The summed E-state index contributed by atoms with van der Waals surface area (Å²) in [6.07, 6.45) is 3.98. The fraction of sp³-hybridized carbons (Fsp3) is 0.562. The molecule has 1 aromatic rings. The number of ether oxygens (including phenoxy) is 1. The Morgan fingerprint density at radius 1 is 1.05 bits per heavy atom. The Balaban J connectivity index is 2.56. The largest absolute Gasteiger partial charge is 0.415 e. The molecule has 0 spiro atoms. The molecule has 1 amide bonds. The normalized spacial score (nSPS) is 10.3. The molecule has 1 rings (SSSR count). The maximum absolute atomic E-state index is 12.1. The van der Waals surface area contributed by atoms with Crippen LogP contribution in [0.3, 0.4) is 0 Å². The highest BCUT2D eigenvalue weighted by atomic mass is 16.6. The van der Waals surface area contributed by atoms with E-state index in [4.69, 9.17) is 4.74 Å². The summed E-state index contributed by atoms with van der Waals surface area (Å²) in [5.74, 6) is 0.619. The fourth-order valence-corrected chi connectivity index (χ4v) is 1.76. The van der Waals surface area contributed by atoms with Crippen LogP contribution in [0.4, 0.5) is 4.79 Å². The summed E-state index contributed by atoms with van der Waals surface area (Å²) in [7, 11) is 0. The minimum Gasteiger partial charge on any atom is -0.410 e. The van der Waals surface area contributed by atoms with Crippen LogP contribution in [0.25, 0.3) is 0 Å². The lowest BCUT2D eigenvalue weighted by atomic mass is 10.2. The van der Waals surface area contributed by atoms with Crippen molar-refractivity contribution in [3.05, 3.63) is 29.8 Å². The van der Waals surface area contributed by atoms with E-state index in [1.807, 2.05) is 36.1 Å². The summed E-state index contributed by atoms with van der Waals surface area (Å²) in [6.45, 7) is 7.83. The predicted molar refractivity (Wildman–Crippen MR) is 78.6 cm³/mol. The molecule has 0 unspecified atom stereocenters. The van der Waals surface area contributed by atoms with E-state index in [0.717, 1.165) is 44.3 Å². The number of aryl methyl sites for hydroxylation is 1. The van der Waals surface area contributed by atoms with Crippen LogP contribution in [0.15, 0.2) is 24.3 Å². The minimum absolute atomic E-state index is 0.231. The van der Waals surface area contributed by atoms with Crippen LogP contribution in [0, 0.1) is 6.92 Å². The van der Waals surface area contributed by atoms with Crippen molar-refractivity contribution in [2.24, 2.45) is 0 Å². The van der Waals surface area contributed by atoms with Crippen molar-refractivity contribution in [1.82, 2.24) is 4.90 Å². The van der Waals surface area contributed by atoms with Crippen LogP contribution in [0.5, 0.6) is 5.75 Å². The summed E-state index contributed by atoms with van der Waals surface area (Å²) in [5.41, 5.74) is 1.16. The summed E-state index contributed by atoms with van der Waals surface area (Å²) < 4.78 is 5.41. The minimum atomic E-state index is -0.231. The van der Waals surface area contributed by atoms with Gasteiger partial charge in [-0.3, -0.25) is 0 Å². The maximum atomic E-state index is 12.1. The summed E-state index contributed by atoms with van der Waals surface area (Å²) >= 11 is 0. The van der Waals surface area contributed by atoms with Gasteiger partial charge in [0, 0.05) is 13.1 Å². The first-order valence-electron chi connectivity index (χ1n) is 7.20. The van der Waals surface area contributed by atoms with Crippen molar-refractivity contribution in [3.63, 3.8) is 0 Å². The van der Waals surface area contributed by atoms with Crippen LogP contribution in [-0.2, 0) is 0 Å². The van der Waals surface area contributed by atoms with E-state index in [0.29, 0.717) is 5.75 Å². The molecule has 0 N–H and O–H groups in total. The predicted octanol–water partition coefficient (Wildman–Crippen LogP) is 4.40. The van der Waals surface area contributed by atoms with Crippen LogP contribution in [0.1, 0.15) is 45.1 Å². The zero-order chi connectivity index (χ0) is 14.1. The SMILES string of the molecule is CCCCN(CCCC)C(=O)Oc1ccc(C)cc1. The first kappa shape index (κ1) is 15.5. The van der Waals surface area contributed by atoms with E-state index < -0.39 is 0 Å². The number of carbonyl (C=O) groups excluding carboxylic acids is 1. The van der Waals surface area contributed by atoms with Gasteiger partial charge < -0.3 is 9.64 Å². The van der Waals surface area contributed by atoms with Gasteiger partial charge in [0.15, 0.2) is 0 Å². The molecule has 0 radical (unpaired) electrons. The lowest BCUT2D eigenvalue weighted by Gasteiger charge is -2.21. The molecule has 0 bridgehead atoms. The highest BCUT2D eigenvalue weighted by Gasteiger charge is 2.14. The Labute approximate surface area is 116 Å². The second-order valence-corrected chi connectivity index (χ2v) is 4.88. The average molecular weight is 263 g/mol. The topological polar surface area (TPSA) is 29.5 Å². The van der Waals surface area contributed by atoms with Gasteiger partial charge in [-0.15, -0.1) is 0 Å². The molecule has 0 saturated carbocycles. The van der Waals surface area contributed by atoms with Gasteiger partial charge in [-0.25, -0.2) is 4.79 Å². The molecule has 0 heterocycles. The molecule has 0 atom stereocenters. The summed E-state index contributed by atoms with van der Waals surface area (Å²) in [5, 5.41) is 0. The molecule has 0 aliphatic carbocycles. The Hall–Kier alpha value is -1.51. The van der Waals surface area contributed by atoms with Gasteiger partial charge in [-0.2, -0.15) is 0 Å². The summed E-state index contributed by atoms with van der Waals surface area (Å²) in [6, 6.07) is 7.58. The molecule has 0 saturated heterocycles. The quantitative estimate of drug-likeness (QED) is 0.730. The lowest BCUT2D eigenvalue weighted by molar-refractivity contribution is 0.150. The highest BCUT2D eigenvalue weighted by Crippen LogP contribution is 2.13. The van der Waals surface area contributed by atoms with Crippen molar-refractivity contribution in [3.8, 4) is 5.75 Å². The number of unbranched alkanes of at least 4 members (excludes halogenated alkanes) is 2. The van der Waals surface area contributed by atoms with Crippen molar-refractivity contribution in [2.75, 3.05) is 13.1 Å². The Morgan fingerprint density at radius 2 is 1.58 bits per heavy atom. The number of hydrogen-bond acceptors (Lipinski definition) is 2. The van der Waals surface area contributed by atoms with Gasteiger partial charge in [0.25, 0.3) is 0 Å². The first-order valence-corrected chi connectivity index (χ1v) is 7.20. The number of hydrogen-bond donors (Lipinski definition) is 0. The van der Waals surface area contributed by atoms with Gasteiger partial charge in [0.2, 0.25) is 0 Å². The van der Waals surface area contributed by atoms with E-state index in [1.165, 1.54) is 0 Å². The molecule has 1 aromatic carbocycles. The number of carbonyl (C=O) groups is 1. The molecule has 0 aromatic heterocycles. The van der Waals surface area contributed by atoms with Gasteiger partial charge in [0.1, 0.15) is 5.75 Å². The fourth-order valence-electron chi connectivity index (χ4n) is 1.76. The van der Waals surface area contributed by atoms with Crippen LogP contribution >= 0.6 is 0 Å². The molecule has 0 aliphatic rings. The van der Waals surface area contributed by atoms with Gasteiger partial charge in [-0.05, 0) is 31.9 Å². The zero-order valence-corrected chi connectivity index (χ0v) is 12.3. The van der Waals surface area contributed by atoms with E-state index >= 15 is 0 Å². The maximum Gasteiger partial charge on any atom is 0.415 e. The van der Waals surface area contributed by atoms with Gasteiger partial charge in [0.05, 0.1) is 0 Å². The highest BCUT2D eigenvalue weighted by molar-refractivity contribution is 5.70. The number of rotatable bonds is 7. The third kappa shape index (κ3) is 5.77. The van der Waals surface area contributed by atoms with Gasteiger partial charge >= 0.3 is 6.09 Å². The van der Waals surface area contributed by atoms with Gasteiger partial charge in [-0.1, -0.05) is 44.4 Å². The smallest absolute Gasteiger partial charge is 0.410 e. The molecule has 19 heavy (non-hydrogen) atoms. The second-order valence-electron chi connectivity index (χ2n) is 4.88. The molecule has 3 nitrogen and oxygen atoms in total. The molecule has 0 aliphatic heterocycles. The first-order chi connectivity index (χ1) is 9.17. The second kappa shape index (κ2) is 8.57. The molecule has 0 fully saturated rings. The van der Waals surface area contributed by atoms with Crippen molar-refractivity contribution in [1.29, 1.82) is 0 Å². The number of amides is 1. The van der Waals surface area contributed by atoms with Crippen molar-refractivity contribution >= 4 is 6.09 Å². The van der Waals surface area contributed by atoms with Crippen molar-refractivity contribution < 1.29 is 9.53 Å². The van der Waals surface area contributed by atoms with E-state index in [2.05, 4.69) is 13.8 Å². The number of benzene rings is 1. The molecule has 106 valence electrons. The molecular weight excluding hydrogens is 238 g/mol. The molecular formula is C16H25NO2. The average Bonchev–Trinajstić information content (AvgIpc) is 2.41. The Morgan fingerprint density at radius 3 is 2.05 bits per heavy atom. The molecule has 3 heteroatoms. The van der Waals surface area contributed by atoms with E-state index in [1.54, 1.807) is 0 Å².